The molecular formula is C15H21N3O3. The van der Waals surface area contributed by atoms with Gasteiger partial charge in [0.15, 0.2) is 0 Å². The molecule has 1 aromatic carbocycles. The Labute approximate surface area is 123 Å². The van der Waals surface area contributed by atoms with E-state index in [4.69, 9.17) is 5.73 Å². The van der Waals surface area contributed by atoms with Crippen molar-refractivity contribution in [2.75, 3.05) is 5.32 Å². The smallest absolute Gasteiger partial charge is 0.292 e. The van der Waals surface area contributed by atoms with E-state index in [1.54, 1.807) is 0 Å². The van der Waals surface area contributed by atoms with E-state index in [1.807, 2.05) is 0 Å². The second-order valence-corrected chi connectivity index (χ2v) is 5.96. The summed E-state index contributed by atoms with van der Waals surface area (Å²) in [6.07, 6.45) is 3.05. The maximum Gasteiger partial charge on any atom is 0.292 e. The number of benzene rings is 1. The number of carbonyl (C=O) groups excluding carboxylic acids is 1. The predicted molar refractivity (Wildman–Crippen MR) is 81.2 cm³/mol. The summed E-state index contributed by atoms with van der Waals surface area (Å²) in [5.41, 5.74) is 5.88. The number of carbonyl (C=O) groups is 1. The predicted octanol–water partition coefficient (Wildman–Crippen LogP) is 2.93. The first-order chi connectivity index (χ1) is 9.88. The molecule has 1 aliphatic carbocycles. The van der Waals surface area contributed by atoms with Crippen molar-refractivity contribution in [2.45, 2.75) is 39.2 Å². The summed E-state index contributed by atoms with van der Waals surface area (Å²) >= 11 is 0. The minimum Gasteiger partial charge on any atom is -0.377 e. The zero-order chi connectivity index (χ0) is 15.6. The lowest BCUT2D eigenvalue weighted by molar-refractivity contribution is -0.384. The van der Waals surface area contributed by atoms with E-state index in [1.165, 1.54) is 18.2 Å². The Morgan fingerprint density at radius 3 is 2.62 bits per heavy atom. The number of nitro groups is 1. The number of nitro benzene ring substituents is 1. The van der Waals surface area contributed by atoms with Crippen LogP contribution >= 0.6 is 0 Å². The van der Waals surface area contributed by atoms with Crippen LogP contribution in [0.4, 0.5) is 11.4 Å². The van der Waals surface area contributed by atoms with Gasteiger partial charge in [0.1, 0.15) is 5.69 Å². The molecule has 6 nitrogen and oxygen atoms in total. The minimum atomic E-state index is -0.585. The van der Waals surface area contributed by atoms with Gasteiger partial charge in [-0.2, -0.15) is 0 Å². The standard InChI is InChI=1S/C15H21N3O3/c1-9-3-5-12(7-10(9)2)17-13-8-11(15(16)19)4-6-14(13)18(20)21/h4,6,8-10,12,17H,3,5,7H2,1-2H3,(H2,16,19). The molecule has 0 saturated heterocycles. The van der Waals surface area contributed by atoms with Crippen molar-refractivity contribution in [2.24, 2.45) is 17.6 Å². The zero-order valence-electron chi connectivity index (χ0n) is 12.3. The zero-order valence-corrected chi connectivity index (χ0v) is 12.3. The van der Waals surface area contributed by atoms with Gasteiger partial charge in [-0.25, -0.2) is 0 Å². The molecule has 1 aliphatic rings. The largest absolute Gasteiger partial charge is 0.377 e. The monoisotopic (exact) mass is 291 g/mol. The van der Waals surface area contributed by atoms with Crippen molar-refractivity contribution in [1.82, 2.24) is 0 Å². The number of nitrogens with one attached hydrogen (secondary N) is 1. The molecule has 3 N–H and O–H groups in total. The second kappa shape index (κ2) is 6.11. The fraction of sp³-hybridized carbons (Fsp3) is 0.533. The summed E-state index contributed by atoms with van der Waals surface area (Å²) in [5, 5.41) is 14.3. The van der Waals surface area contributed by atoms with E-state index in [0.29, 0.717) is 17.5 Å². The normalized spacial score (nSPS) is 25.3. The Balaban J connectivity index is 2.23. The topological polar surface area (TPSA) is 98.3 Å². The fourth-order valence-corrected chi connectivity index (χ4v) is 2.86. The quantitative estimate of drug-likeness (QED) is 0.658. The van der Waals surface area contributed by atoms with Crippen LogP contribution in [-0.4, -0.2) is 16.9 Å². The van der Waals surface area contributed by atoms with Crippen molar-refractivity contribution in [3.8, 4) is 0 Å². The molecule has 1 aromatic rings. The van der Waals surface area contributed by atoms with Gasteiger partial charge in [-0.3, -0.25) is 14.9 Å². The first-order valence-electron chi connectivity index (χ1n) is 7.23. The van der Waals surface area contributed by atoms with Gasteiger partial charge in [-0.1, -0.05) is 13.8 Å². The highest BCUT2D eigenvalue weighted by Gasteiger charge is 2.26. The van der Waals surface area contributed by atoms with E-state index in [2.05, 4.69) is 19.2 Å². The van der Waals surface area contributed by atoms with Crippen LogP contribution in [-0.2, 0) is 0 Å². The van der Waals surface area contributed by atoms with Crippen molar-refractivity contribution in [3.63, 3.8) is 0 Å². The highest BCUT2D eigenvalue weighted by atomic mass is 16.6. The second-order valence-electron chi connectivity index (χ2n) is 5.96. The Hall–Kier alpha value is -2.11. The molecule has 0 radical (unpaired) electrons. The summed E-state index contributed by atoms with van der Waals surface area (Å²) in [6, 6.07) is 4.38. The van der Waals surface area contributed by atoms with Crippen LogP contribution in [0.3, 0.4) is 0 Å². The molecule has 0 aliphatic heterocycles. The Morgan fingerprint density at radius 1 is 1.33 bits per heavy atom. The van der Waals surface area contributed by atoms with Crippen LogP contribution in [0, 0.1) is 22.0 Å². The van der Waals surface area contributed by atoms with Crippen LogP contribution in [0.2, 0.25) is 0 Å². The Kier molecular flexibility index (Phi) is 4.45. The van der Waals surface area contributed by atoms with Crippen molar-refractivity contribution in [3.05, 3.63) is 33.9 Å². The molecule has 3 unspecified atom stereocenters. The van der Waals surface area contributed by atoms with Crippen molar-refractivity contribution < 1.29 is 9.72 Å². The van der Waals surface area contributed by atoms with Crippen LogP contribution in [0.5, 0.6) is 0 Å². The molecule has 6 heteroatoms. The van der Waals surface area contributed by atoms with Gasteiger partial charge in [-0.15, -0.1) is 0 Å². The summed E-state index contributed by atoms with van der Waals surface area (Å²) in [5.74, 6) is 0.670. The molecule has 0 bridgehead atoms. The van der Waals surface area contributed by atoms with Gasteiger partial charge >= 0.3 is 0 Å². The number of rotatable bonds is 4. The average Bonchev–Trinajstić information content (AvgIpc) is 2.42. The summed E-state index contributed by atoms with van der Waals surface area (Å²) in [6.45, 7) is 4.43. The molecular weight excluding hydrogens is 270 g/mol. The molecule has 1 amide bonds. The van der Waals surface area contributed by atoms with Crippen molar-refractivity contribution >= 4 is 17.3 Å². The first-order valence-corrected chi connectivity index (χ1v) is 7.23. The average molecular weight is 291 g/mol. The van der Waals surface area contributed by atoms with E-state index in [-0.39, 0.29) is 17.3 Å². The third kappa shape index (κ3) is 3.51. The fourth-order valence-electron chi connectivity index (χ4n) is 2.86. The lowest BCUT2D eigenvalue weighted by atomic mass is 9.79. The third-order valence-electron chi connectivity index (χ3n) is 4.44. The van der Waals surface area contributed by atoms with Gasteiger partial charge in [0.25, 0.3) is 5.69 Å². The maximum atomic E-state index is 11.2. The highest BCUT2D eigenvalue weighted by Crippen LogP contribution is 2.33. The Bertz CT molecular complexity index is 559. The third-order valence-corrected chi connectivity index (χ3v) is 4.44. The number of amides is 1. The molecule has 1 fully saturated rings. The van der Waals surface area contributed by atoms with E-state index in [9.17, 15) is 14.9 Å². The van der Waals surface area contributed by atoms with Crippen LogP contribution in [0.1, 0.15) is 43.5 Å². The van der Waals surface area contributed by atoms with Crippen LogP contribution in [0.15, 0.2) is 18.2 Å². The molecule has 3 atom stereocenters. The molecule has 0 aromatic heterocycles. The van der Waals surface area contributed by atoms with Gasteiger partial charge < -0.3 is 11.1 Å². The number of hydrogen-bond donors (Lipinski definition) is 2. The summed E-state index contributed by atoms with van der Waals surface area (Å²) in [7, 11) is 0. The SMILES string of the molecule is CC1CCC(Nc2cc(C(N)=O)ccc2[N+](=O)[O-])CC1C. The molecule has 1 saturated carbocycles. The number of hydrogen-bond acceptors (Lipinski definition) is 4. The highest BCUT2D eigenvalue weighted by molar-refractivity contribution is 5.94. The summed E-state index contributed by atoms with van der Waals surface area (Å²) in [4.78, 5) is 21.9. The summed E-state index contributed by atoms with van der Waals surface area (Å²) < 4.78 is 0. The van der Waals surface area contributed by atoms with Gasteiger partial charge in [0.2, 0.25) is 5.91 Å². The maximum absolute atomic E-state index is 11.2. The number of nitrogens with zero attached hydrogens (tertiary/aromatic N) is 1. The lowest BCUT2D eigenvalue weighted by Crippen LogP contribution is -2.30. The van der Waals surface area contributed by atoms with Gasteiger partial charge in [0, 0.05) is 17.7 Å². The molecule has 21 heavy (non-hydrogen) atoms. The van der Waals surface area contributed by atoms with E-state index in [0.717, 1.165) is 19.3 Å². The van der Waals surface area contributed by atoms with E-state index >= 15 is 0 Å². The number of nitrogens with two attached hydrogens (primary N) is 1. The van der Waals surface area contributed by atoms with Crippen LogP contribution < -0.4 is 11.1 Å². The number of primary amides is 1. The first kappa shape index (κ1) is 15.3. The molecule has 0 spiro atoms. The molecule has 114 valence electrons. The van der Waals surface area contributed by atoms with Crippen molar-refractivity contribution in [1.29, 1.82) is 0 Å². The van der Waals surface area contributed by atoms with Gasteiger partial charge in [-0.05, 0) is 43.2 Å². The van der Waals surface area contributed by atoms with Gasteiger partial charge in [0.05, 0.1) is 4.92 Å². The molecule has 2 rings (SSSR count). The molecule has 0 heterocycles. The van der Waals surface area contributed by atoms with Crippen LogP contribution in [0.25, 0.3) is 0 Å². The Morgan fingerprint density at radius 2 is 2.05 bits per heavy atom. The number of anilines is 1. The minimum absolute atomic E-state index is 0.0220. The van der Waals surface area contributed by atoms with E-state index < -0.39 is 10.8 Å². The lowest BCUT2D eigenvalue weighted by Gasteiger charge is -2.33.